The smallest absolute Gasteiger partial charge is 0.323 e. The summed E-state index contributed by atoms with van der Waals surface area (Å²) < 4.78 is 0. The van der Waals surface area contributed by atoms with Crippen molar-refractivity contribution in [3.8, 4) is 0 Å². The van der Waals surface area contributed by atoms with E-state index in [4.69, 9.17) is 5.11 Å². The molecular weight excluding hydrogens is 244 g/mol. The van der Waals surface area contributed by atoms with Crippen LogP contribution in [0.4, 0.5) is 4.79 Å². The highest BCUT2D eigenvalue weighted by molar-refractivity contribution is 5.80. The second-order valence-electron chi connectivity index (χ2n) is 6.52. The molecule has 0 aromatic rings. The van der Waals surface area contributed by atoms with Crippen LogP contribution in [0.2, 0.25) is 0 Å². The predicted octanol–water partition coefficient (Wildman–Crippen LogP) is 2.66. The number of aliphatic carboxylic acids is 1. The van der Waals surface area contributed by atoms with Gasteiger partial charge in [-0.3, -0.25) is 4.79 Å². The first-order valence-electron chi connectivity index (χ1n) is 6.73. The van der Waals surface area contributed by atoms with Crippen molar-refractivity contribution in [1.29, 1.82) is 0 Å². The number of nitrogens with zero attached hydrogens (tertiary/aromatic N) is 2. The highest BCUT2D eigenvalue weighted by atomic mass is 16.4. The van der Waals surface area contributed by atoms with Crippen LogP contribution in [0, 0.1) is 5.92 Å². The van der Waals surface area contributed by atoms with Gasteiger partial charge in [0.1, 0.15) is 6.54 Å². The monoisotopic (exact) mass is 272 g/mol. The SMILES string of the molecule is CC(C)CC(C)N(C)C(=O)N(CC(=O)O)C(C)(C)C. The maximum atomic E-state index is 12.4. The average Bonchev–Trinajstić information content (AvgIpc) is 2.21. The fourth-order valence-electron chi connectivity index (χ4n) is 1.95. The molecule has 2 amide bonds. The van der Waals surface area contributed by atoms with Crippen LogP contribution in [0.15, 0.2) is 0 Å². The summed E-state index contributed by atoms with van der Waals surface area (Å²) in [5.74, 6) is -0.499. The predicted molar refractivity (Wildman–Crippen MR) is 76.2 cm³/mol. The molecule has 0 saturated heterocycles. The fraction of sp³-hybridized carbons (Fsp3) is 0.857. The van der Waals surface area contributed by atoms with Crippen LogP contribution in [-0.4, -0.2) is 52.1 Å². The Kier molecular flexibility index (Phi) is 6.33. The second kappa shape index (κ2) is 6.78. The van der Waals surface area contributed by atoms with Gasteiger partial charge in [-0.25, -0.2) is 4.79 Å². The zero-order valence-corrected chi connectivity index (χ0v) is 13.2. The summed E-state index contributed by atoms with van der Waals surface area (Å²) >= 11 is 0. The molecule has 0 saturated carbocycles. The van der Waals surface area contributed by atoms with Crippen molar-refractivity contribution in [2.45, 2.75) is 59.5 Å². The van der Waals surface area contributed by atoms with E-state index < -0.39 is 11.5 Å². The second-order valence-corrected chi connectivity index (χ2v) is 6.52. The van der Waals surface area contributed by atoms with Crippen LogP contribution < -0.4 is 0 Å². The van der Waals surface area contributed by atoms with Gasteiger partial charge in [0.15, 0.2) is 0 Å². The molecule has 19 heavy (non-hydrogen) atoms. The fourth-order valence-corrected chi connectivity index (χ4v) is 1.95. The lowest BCUT2D eigenvalue weighted by molar-refractivity contribution is -0.138. The molecule has 0 spiro atoms. The van der Waals surface area contributed by atoms with Gasteiger partial charge < -0.3 is 14.9 Å². The summed E-state index contributed by atoms with van der Waals surface area (Å²) in [7, 11) is 1.73. The number of rotatable bonds is 5. The van der Waals surface area contributed by atoms with Gasteiger partial charge in [0.25, 0.3) is 0 Å². The number of hydrogen-bond donors (Lipinski definition) is 1. The van der Waals surface area contributed by atoms with Crippen LogP contribution in [0.3, 0.4) is 0 Å². The van der Waals surface area contributed by atoms with Gasteiger partial charge in [0.05, 0.1) is 0 Å². The molecule has 0 aromatic carbocycles. The lowest BCUT2D eigenvalue weighted by Gasteiger charge is -2.39. The van der Waals surface area contributed by atoms with E-state index in [1.165, 1.54) is 4.90 Å². The zero-order valence-electron chi connectivity index (χ0n) is 13.2. The first kappa shape index (κ1) is 17.7. The molecule has 0 radical (unpaired) electrons. The Morgan fingerprint density at radius 2 is 1.63 bits per heavy atom. The first-order valence-corrected chi connectivity index (χ1v) is 6.73. The molecule has 0 fully saturated rings. The number of hydrogen-bond acceptors (Lipinski definition) is 2. The molecule has 1 atom stereocenters. The van der Waals surface area contributed by atoms with Crippen molar-refractivity contribution in [2.75, 3.05) is 13.6 Å². The molecule has 5 heteroatoms. The molecule has 0 rings (SSSR count). The van der Waals surface area contributed by atoms with Crippen LogP contribution in [0.1, 0.15) is 48.0 Å². The highest BCUT2D eigenvalue weighted by Gasteiger charge is 2.32. The lowest BCUT2D eigenvalue weighted by Crippen LogP contribution is -2.54. The summed E-state index contributed by atoms with van der Waals surface area (Å²) in [6, 6.07) is -0.144. The van der Waals surface area contributed by atoms with Crippen molar-refractivity contribution >= 4 is 12.0 Å². The summed E-state index contributed by atoms with van der Waals surface area (Å²) in [5.41, 5.74) is -0.513. The largest absolute Gasteiger partial charge is 0.480 e. The van der Waals surface area contributed by atoms with Crippen LogP contribution >= 0.6 is 0 Å². The minimum absolute atomic E-state index is 0.0890. The van der Waals surface area contributed by atoms with E-state index in [9.17, 15) is 9.59 Å². The minimum Gasteiger partial charge on any atom is -0.480 e. The normalized spacial score (nSPS) is 13.3. The molecule has 0 aliphatic carbocycles. The molecule has 0 aliphatic rings. The quantitative estimate of drug-likeness (QED) is 0.837. The summed E-state index contributed by atoms with van der Waals surface area (Å²) in [6.45, 7) is 11.4. The number of amides is 2. The number of carbonyl (C=O) groups is 2. The first-order chi connectivity index (χ1) is 8.46. The van der Waals surface area contributed by atoms with Gasteiger partial charge in [0, 0.05) is 18.6 Å². The molecule has 1 N–H and O–H groups in total. The Morgan fingerprint density at radius 3 is 1.95 bits per heavy atom. The van der Waals surface area contributed by atoms with E-state index in [-0.39, 0.29) is 18.6 Å². The van der Waals surface area contributed by atoms with E-state index in [0.29, 0.717) is 5.92 Å². The van der Waals surface area contributed by atoms with Crippen molar-refractivity contribution < 1.29 is 14.7 Å². The number of urea groups is 1. The van der Waals surface area contributed by atoms with Crippen LogP contribution in [0.25, 0.3) is 0 Å². The van der Waals surface area contributed by atoms with Gasteiger partial charge >= 0.3 is 12.0 Å². The Labute approximate surface area is 116 Å². The average molecular weight is 272 g/mol. The Bertz CT molecular complexity index is 321. The number of carbonyl (C=O) groups excluding carboxylic acids is 1. The van der Waals surface area contributed by atoms with Gasteiger partial charge in [-0.05, 0) is 40.0 Å². The lowest BCUT2D eigenvalue weighted by atomic mass is 10.0. The van der Waals surface area contributed by atoms with Gasteiger partial charge in [-0.15, -0.1) is 0 Å². The van der Waals surface area contributed by atoms with Gasteiger partial charge in [0.2, 0.25) is 0 Å². The summed E-state index contributed by atoms with van der Waals surface area (Å²) in [6.07, 6.45) is 0.896. The van der Waals surface area contributed by atoms with E-state index >= 15 is 0 Å². The molecule has 112 valence electrons. The third kappa shape index (κ3) is 5.94. The van der Waals surface area contributed by atoms with Crippen LogP contribution in [-0.2, 0) is 4.79 Å². The number of carboxylic acids is 1. The summed E-state index contributed by atoms with van der Waals surface area (Å²) in [5, 5.41) is 8.95. The molecule has 0 heterocycles. The van der Waals surface area contributed by atoms with Crippen molar-refractivity contribution in [3.05, 3.63) is 0 Å². The Balaban J connectivity index is 4.94. The third-order valence-corrected chi connectivity index (χ3v) is 3.11. The van der Waals surface area contributed by atoms with E-state index in [0.717, 1.165) is 6.42 Å². The maximum absolute atomic E-state index is 12.4. The van der Waals surface area contributed by atoms with Crippen molar-refractivity contribution in [2.24, 2.45) is 5.92 Å². The van der Waals surface area contributed by atoms with E-state index in [1.807, 2.05) is 27.7 Å². The molecular formula is C14H28N2O3. The topological polar surface area (TPSA) is 60.9 Å². The highest BCUT2D eigenvalue weighted by Crippen LogP contribution is 2.18. The Morgan fingerprint density at radius 1 is 1.16 bits per heavy atom. The Hall–Kier alpha value is -1.26. The standard InChI is InChI=1S/C14H28N2O3/c1-10(2)8-11(3)15(7)13(19)16(9-12(17)18)14(4,5)6/h10-11H,8-9H2,1-7H3,(H,17,18). The minimum atomic E-state index is -0.992. The van der Waals surface area contributed by atoms with E-state index in [1.54, 1.807) is 11.9 Å². The third-order valence-electron chi connectivity index (χ3n) is 3.11. The maximum Gasteiger partial charge on any atom is 0.323 e. The molecule has 0 aliphatic heterocycles. The van der Waals surface area contributed by atoms with E-state index in [2.05, 4.69) is 13.8 Å². The molecule has 5 nitrogen and oxygen atoms in total. The molecule has 1 unspecified atom stereocenters. The van der Waals surface area contributed by atoms with Crippen molar-refractivity contribution in [1.82, 2.24) is 9.80 Å². The summed E-state index contributed by atoms with van der Waals surface area (Å²) in [4.78, 5) is 26.4. The van der Waals surface area contributed by atoms with Gasteiger partial charge in [-0.1, -0.05) is 13.8 Å². The van der Waals surface area contributed by atoms with Gasteiger partial charge in [-0.2, -0.15) is 0 Å². The number of carboxylic acid groups (broad SMARTS) is 1. The van der Waals surface area contributed by atoms with Crippen LogP contribution in [0.5, 0.6) is 0 Å². The van der Waals surface area contributed by atoms with Crippen molar-refractivity contribution in [3.63, 3.8) is 0 Å². The zero-order chi connectivity index (χ0) is 15.4. The molecule has 0 bridgehead atoms. The molecule has 0 aromatic heterocycles.